The van der Waals surface area contributed by atoms with Gasteiger partial charge in [-0.05, 0) is 19.9 Å². The van der Waals surface area contributed by atoms with Crippen LogP contribution in [0.1, 0.15) is 25.8 Å². The normalized spacial score (nSPS) is 14.4. The molecular formula is C18H24O7. The minimum atomic E-state index is -1.32. The molecule has 1 heterocycles. The molecule has 0 fully saturated rings. The van der Waals surface area contributed by atoms with Gasteiger partial charge < -0.3 is 29.2 Å². The fourth-order valence-electron chi connectivity index (χ4n) is 2.68. The van der Waals surface area contributed by atoms with Crippen LogP contribution >= 0.6 is 0 Å². The van der Waals surface area contributed by atoms with Gasteiger partial charge in [-0.25, -0.2) is 4.79 Å². The lowest BCUT2D eigenvalue weighted by molar-refractivity contribution is -0.0676. The van der Waals surface area contributed by atoms with Crippen LogP contribution in [-0.4, -0.2) is 47.3 Å². The first kappa shape index (κ1) is 19.2. The van der Waals surface area contributed by atoms with Gasteiger partial charge in [-0.2, -0.15) is 0 Å². The van der Waals surface area contributed by atoms with Crippen LogP contribution in [0.4, 0.5) is 0 Å². The summed E-state index contributed by atoms with van der Waals surface area (Å²) in [7, 11) is 2.93. The fraction of sp³-hybridized carbons (Fsp3) is 0.500. The van der Waals surface area contributed by atoms with E-state index < -0.39 is 23.4 Å². The smallest absolute Gasteiger partial charge is 0.336 e. The summed E-state index contributed by atoms with van der Waals surface area (Å²) in [4.78, 5) is 11.4. The van der Waals surface area contributed by atoms with Crippen molar-refractivity contribution >= 4 is 11.0 Å². The van der Waals surface area contributed by atoms with E-state index in [9.17, 15) is 20.1 Å². The summed E-state index contributed by atoms with van der Waals surface area (Å²) in [5.41, 5.74) is -0.905. The largest absolute Gasteiger partial charge is 0.496 e. The van der Waals surface area contributed by atoms with E-state index in [1.165, 1.54) is 34.1 Å². The summed E-state index contributed by atoms with van der Waals surface area (Å²) < 4.78 is 16.0. The SMILES string of the molecule is COc1cc2oc(=O)ccc2c(OC)c1C[C@H](O)C[C@H](O)C(C)(C)O. The van der Waals surface area contributed by atoms with Gasteiger partial charge in [-0.15, -0.1) is 0 Å². The minimum absolute atomic E-state index is 0.0162. The molecule has 0 saturated heterocycles. The summed E-state index contributed by atoms with van der Waals surface area (Å²) in [6, 6.07) is 4.43. The van der Waals surface area contributed by atoms with Gasteiger partial charge in [0.25, 0.3) is 0 Å². The van der Waals surface area contributed by atoms with Gasteiger partial charge in [0, 0.05) is 30.5 Å². The molecule has 0 spiro atoms. The molecule has 2 aromatic rings. The van der Waals surface area contributed by atoms with Crippen LogP contribution in [0.2, 0.25) is 0 Å². The third kappa shape index (κ3) is 4.31. The molecule has 0 aliphatic carbocycles. The quantitative estimate of drug-likeness (QED) is 0.643. The molecule has 0 unspecified atom stereocenters. The molecule has 1 aromatic heterocycles. The van der Waals surface area contributed by atoms with Crippen molar-refractivity contribution < 1.29 is 29.2 Å². The van der Waals surface area contributed by atoms with Crippen molar-refractivity contribution in [2.45, 2.75) is 44.5 Å². The van der Waals surface area contributed by atoms with E-state index in [4.69, 9.17) is 13.9 Å². The van der Waals surface area contributed by atoms with Crippen LogP contribution in [0.3, 0.4) is 0 Å². The Morgan fingerprint density at radius 2 is 1.88 bits per heavy atom. The molecule has 0 saturated carbocycles. The van der Waals surface area contributed by atoms with Gasteiger partial charge in [0.2, 0.25) is 0 Å². The van der Waals surface area contributed by atoms with Gasteiger partial charge in [-0.1, -0.05) is 0 Å². The van der Waals surface area contributed by atoms with Crippen molar-refractivity contribution in [1.82, 2.24) is 0 Å². The Morgan fingerprint density at radius 1 is 1.20 bits per heavy atom. The highest BCUT2D eigenvalue weighted by Gasteiger charge is 2.28. The van der Waals surface area contributed by atoms with Crippen LogP contribution in [0.25, 0.3) is 11.0 Å². The van der Waals surface area contributed by atoms with E-state index in [0.29, 0.717) is 28.0 Å². The molecule has 0 bridgehead atoms. The number of benzene rings is 1. The van der Waals surface area contributed by atoms with Crippen LogP contribution in [0, 0.1) is 0 Å². The number of aliphatic hydroxyl groups excluding tert-OH is 2. The average Bonchev–Trinajstić information content (AvgIpc) is 2.53. The second kappa shape index (κ2) is 7.43. The Morgan fingerprint density at radius 3 is 2.44 bits per heavy atom. The van der Waals surface area contributed by atoms with Gasteiger partial charge in [0.15, 0.2) is 0 Å². The number of aliphatic hydroxyl groups is 3. The van der Waals surface area contributed by atoms with E-state index in [1.807, 2.05) is 0 Å². The number of fused-ring (bicyclic) bond motifs is 1. The maximum Gasteiger partial charge on any atom is 0.336 e. The van der Waals surface area contributed by atoms with Gasteiger partial charge in [-0.3, -0.25) is 0 Å². The second-order valence-electron chi connectivity index (χ2n) is 6.52. The van der Waals surface area contributed by atoms with Gasteiger partial charge in [0.05, 0.1) is 37.4 Å². The van der Waals surface area contributed by atoms with Crippen LogP contribution in [0.15, 0.2) is 27.4 Å². The molecule has 0 radical (unpaired) electrons. The van der Waals surface area contributed by atoms with Crippen molar-refractivity contribution in [2.75, 3.05) is 14.2 Å². The van der Waals surface area contributed by atoms with Crippen molar-refractivity contribution in [3.63, 3.8) is 0 Å². The molecule has 1 aromatic carbocycles. The maximum atomic E-state index is 11.4. The Balaban J connectivity index is 2.42. The zero-order chi connectivity index (χ0) is 18.8. The first-order valence-electron chi connectivity index (χ1n) is 7.93. The van der Waals surface area contributed by atoms with Gasteiger partial charge in [0.1, 0.15) is 17.1 Å². The zero-order valence-electron chi connectivity index (χ0n) is 14.8. The number of ether oxygens (including phenoxy) is 2. The van der Waals surface area contributed by atoms with Crippen LogP contribution in [-0.2, 0) is 6.42 Å². The van der Waals surface area contributed by atoms with E-state index in [2.05, 4.69) is 0 Å². The summed E-state index contributed by atoms with van der Waals surface area (Å²) in [5, 5.41) is 30.7. The Bertz CT molecular complexity index is 788. The lowest BCUT2D eigenvalue weighted by Crippen LogP contribution is -2.38. The number of hydrogen-bond donors (Lipinski definition) is 3. The first-order valence-corrected chi connectivity index (χ1v) is 7.93. The molecule has 2 rings (SSSR count). The maximum absolute atomic E-state index is 11.4. The molecular weight excluding hydrogens is 328 g/mol. The average molecular weight is 352 g/mol. The number of rotatable bonds is 7. The highest BCUT2D eigenvalue weighted by atomic mass is 16.5. The first-order chi connectivity index (χ1) is 11.7. The molecule has 25 heavy (non-hydrogen) atoms. The number of hydrogen-bond acceptors (Lipinski definition) is 7. The van der Waals surface area contributed by atoms with Crippen molar-refractivity contribution in [1.29, 1.82) is 0 Å². The number of methoxy groups -OCH3 is 2. The molecule has 0 amide bonds. The topological polar surface area (TPSA) is 109 Å². The molecule has 0 aliphatic heterocycles. The second-order valence-corrected chi connectivity index (χ2v) is 6.52. The third-order valence-electron chi connectivity index (χ3n) is 4.12. The zero-order valence-corrected chi connectivity index (χ0v) is 14.8. The standard InChI is InChI=1S/C18H24O7/c1-18(2,22)15(20)8-10(19)7-12-13(23-3)9-14-11(17(12)24-4)5-6-16(21)25-14/h5-6,9-10,15,19-20,22H,7-8H2,1-4H3/t10-,15-/m0/s1. The van der Waals surface area contributed by atoms with E-state index in [-0.39, 0.29) is 12.8 Å². The Hall–Kier alpha value is -2.09. The van der Waals surface area contributed by atoms with E-state index in [0.717, 1.165) is 0 Å². The molecule has 3 N–H and O–H groups in total. The summed E-state index contributed by atoms with van der Waals surface area (Å²) in [6.07, 6.45) is -1.90. The van der Waals surface area contributed by atoms with E-state index in [1.54, 1.807) is 12.1 Å². The Labute approximate surface area is 145 Å². The fourth-order valence-corrected chi connectivity index (χ4v) is 2.68. The molecule has 0 aliphatic rings. The Kier molecular flexibility index (Phi) is 5.72. The van der Waals surface area contributed by atoms with Gasteiger partial charge >= 0.3 is 5.63 Å². The predicted octanol–water partition coefficient (Wildman–Crippen LogP) is 1.24. The molecule has 138 valence electrons. The van der Waals surface area contributed by atoms with Crippen molar-refractivity contribution in [2.24, 2.45) is 0 Å². The lowest BCUT2D eigenvalue weighted by atomic mass is 9.93. The highest BCUT2D eigenvalue weighted by Crippen LogP contribution is 2.37. The predicted molar refractivity (Wildman–Crippen MR) is 92.2 cm³/mol. The third-order valence-corrected chi connectivity index (χ3v) is 4.12. The summed E-state index contributed by atoms with van der Waals surface area (Å²) in [6.45, 7) is 2.95. The monoisotopic (exact) mass is 352 g/mol. The highest BCUT2D eigenvalue weighted by molar-refractivity contribution is 5.87. The summed E-state index contributed by atoms with van der Waals surface area (Å²) >= 11 is 0. The van der Waals surface area contributed by atoms with E-state index >= 15 is 0 Å². The van der Waals surface area contributed by atoms with Crippen LogP contribution in [0.5, 0.6) is 11.5 Å². The van der Waals surface area contributed by atoms with Crippen molar-refractivity contribution in [3.05, 3.63) is 34.2 Å². The van der Waals surface area contributed by atoms with Crippen molar-refractivity contribution in [3.8, 4) is 11.5 Å². The minimum Gasteiger partial charge on any atom is -0.496 e. The summed E-state index contributed by atoms with van der Waals surface area (Å²) in [5.74, 6) is 0.824. The molecule has 7 nitrogen and oxygen atoms in total. The van der Waals surface area contributed by atoms with Crippen LogP contribution < -0.4 is 15.1 Å². The lowest BCUT2D eigenvalue weighted by Gasteiger charge is -2.27. The molecule has 2 atom stereocenters. The molecule has 7 heteroatoms.